The van der Waals surface area contributed by atoms with Crippen LogP contribution in [0.4, 0.5) is 0 Å². The standard InChI is InChI=1S/C12H23NO2/c1-3-5-7-8-13-10-12(14)11-15-9-6-4-2/h1,12-14H,4-11H2,2H3. The largest absolute Gasteiger partial charge is 0.389 e. The Bertz CT molecular complexity index is 165. The highest BCUT2D eigenvalue weighted by molar-refractivity contribution is 4.83. The third-order valence-corrected chi connectivity index (χ3v) is 2.01. The molecular weight excluding hydrogens is 190 g/mol. The molecule has 88 valence electrons. The Kier molecular flexibility index (Phi) is 11.1. The van der Waals surface area contributed by atoms with E-state index in [1.54, 1.807) is 0 Å². The topological polar surface area (TPSA) is 41.5 Å². The van der Waals surface area contributed by atoms with Crippen LogP contribution in [0.25, 0.3) is 0 Å². The van der Waals surface area contributed by atoms with E-state index in [9.17, 15) is 5.11 Å². The van der Waals surface area contributed by atoms with E-state index in [1.807, 2.05) is 0 Å². The molecule has 0 spiro atoms. The Morgan fingerprint density at radius 2 is 2.27 bits per heavy atom. The fourth-order valence-electron chi connectivity index (χ4n) is 1.11. The van der Waals surface area contributed by atoms with Gasteiger partial charge in [-0.15, -0.1) is 12.3 Å². The van der Waals surface area contributed by atoms with Crippen LogP contribution in [0.1, 0.15) is 32.6 Å². The van der Waals surface area contributed by atoms with Crippen molar-refractivity contribution in [1.82, 2.24) is 5.32 Å². The number of hydrogen-bond acceptors (Lipinski definition) is 3. The lowest BCUT2D eigenvalue weighted by molar-refractivity contribution is 0.0360. The quantitative estimate of drug-likeness (QED) is 0.423. The summed E-state index contributed by atoms with van der Waals surface area (Å²) in [7, 11) is 0. The van der Waals surface area contributed by atoms with E-state index in [4.69, 9.17) is 11.2 Å². The normalized spacial score (nSPS) is 12.3. The van der Waals surface area contributed by atoms with E-state index in [-0.39, 0.29) is 0 Å². The van der Waals surface area contributed by atoms with Gasteiger partial charge in [0.2, 0.25) is 0 Å². The van der Waals surface area contributed by atoms with E-state index in [1.165, 1.54) is 0 Å². The first-order valence-corrected chi connectivity index (χ1v) is 5.71. The van der Waals surface area contributed by atoms with Crippen molar-refractivity contribution in [2.24, 2.45) is 0 Å². The van der Waals surface area contributed by atoms with E-state index >= 15 is 0 Å². The molecule has 2 N–H and O–H groups in total. The van der Waals surface area contributed by atoms with Gasteiger partial charge in [0.05, 0.1) is 12.7 Å². The summed E-state index contributed by atoms with van der Waals surface area (Å²) in [5.74, 6) is 2.58. The Morgan fingerprint density at radius 3 is 2.93 bits per heavy atom. The van der Waals surface area contributed by atoms with Crippen molar-refractivity contribution in [3.8, 4) is 12.3 Å². The van der Waals surface area contributed by atoms with Crippen LogP contribution in [0.5, 0.6) is 0 Å². The van der Waals surface area contributed by atoms with Gasteiger partial charge >= 0.3 is 0 Å². The smallest absolute Gasteiger partial charge is 0.0897 e. The number of unbranched alkanes of at least 4 members (excludes halogenated alkanes) is 2. The lowest BCUT2D eigenvalue weighted by Crippen LogP contribution is -2.31. The molecule has 3 nitrogen and oxygen atoms in total. The second kappa shape index (κ2) is 11.5. The molecule has 1 unspecified atom stereocenters. The molecule has 0 rings (SSSR count). The van der Waals surface area contributed by atoms with E-state index in [0.717, 1.165) is 38.8 Å². The average molecular weight is 213 g/mol. The summed E-state index contributed by atoms with van der Waals surface area (Å²) in [4.78, 5) is 0. The first-order valence-electron chi connectivity index (χ1n) is 5.71. The Balaban J connectivity index is 3.12. The molecule has 0 aromatic carbocycles. The highest BCUT2D eigenvalue weighted by atomic mass is 16.5. The number of aliphatic hydroxyl groups is 1. The van der Waals surface area contributed by atoms with Crippen LogP contribution in [0, 0.1) is 12.3 Å². The predicted molar refractivity (Wildman–Crippen MR) is 62.7 cm³/mol. The maximum Gasteiger partial charge on any atom is 0.0897 e. The average Bonchev–Trinajstić information content (AvgIpc) is 2.24. The van der Waals surface area contributed by atoms with Crippen molar-refractivity contribution in [2.75, 3.05) is 26.3 Å². The van der Waals surface area contributed by atoms with Crippen molar-refractivity contribution in [3.05, 3.63) is 0 Å². The molecule has 0 radical (unpaired) electrons. The molecule has 0 aliphatic heterocycles. The first-order chi connectivity index (χ1) is 7.31. The van der Waals surface area contributed by atoms with Crippen molar-refractivity contribution >= 4 is 0 Å². The second-order valence-electron chi connectivity index (χ2n) is 3.59. The van der Waals surface area contributed by atoms with Crippen LogP contribution < -0.4 is 5.32 Å². The molecule has 0 aromatic heterocycles. The zero-order valence-corrected chi connectivity index (χ0v) is 9.67. The van der Waals surface area contributed by atoms with E-state index in [0.29, 0.717) is 13.2 Å². The molecule has 0 saturated carbocycles. The van der Waals surface area contributed by atoms with Crippen LogP contribution >= 0.6 is 0 Å². The molecule has 0 bridgehead atoms. The minimum absolute atomic E-state index is 0.410. The van der Waals surface area contributed by atoms with Gasteiger partial charge in [0, 0.05) is 19.6 Å². The van der Waals surface area contributed by atoms with Crippen molar-refractivity contribution in [3.63, 3.8) is 0 Å². The van der Waals surface area contributed by atoms with Gasteiger partial charge in [0.15, 0.2) is 0 Å². The zero-order chi connectivity index (χ0) is 11.4. The van der Waals surface area contributed by atoms with Crippen LogP contribution in [0.2, 0.25) is 0 Å². The summed E-state index contributed by atoms with van der Waals surface area (Å²) in [6.07, 6.45) is 8.64. The van der Waals surface area contributed by atoms with Crippen molar-refractivity contribution in [2.45, 2.75) is 38.7 Å². The molecule has 0 aromatic rings. The monoisotopic (exact) mass is 213 g/mol. The van der Waals surface area contributed by atoms with Crippen LogP contribution in [0.3, 0.4) is 0 Å². The number of terminal acetylenes is 1. The van der Waals surface area contributed by atoms with Crippen LogP contribution in [-0.4, -0.2) is 37.5 Å². The first kappa shape index (κ1) is 14.4. The van der Waals surface area contributed by atoms with Gasteiger partial charge in [0.25, 0.3) is 0 Å². The van der Waals surface area contributed by atoms with Gasteiger partial charge < -0.3 is 15.2 Å². The maximum absolute atomic E-state index is 9.48. The molecule has 0 aliphatic carbocycles. The number of nitrogens with one attached hydrogen (secondary N) is 1. The number of aliphatic hydroxyl groups excluding tert-OH is 1. The Labute approximate surface area is 93.2 Å². The lowest BCUT2D eigenvalue weighted by Gasteiger charge is -2.11. The maximum atomic E-state index is 9.48. The summed E-state index contributed by atoms with van der Waals surface area (Å²) in [6, 6.07) is 0. The molecule has 0 heterocycles. The zero-order valence-electron chi connectivity index (χ0n) is 9.67. The SMILES string of the molecule is C#CCCCNCC(O)COCCCC. The van der Waals surface area contributed by atoms with Gasteiger partial charge in [-0.3, -0.25) is 0 Å². The van der Waals surface area contributed by atoms with E-state index < -0.39 is 6.10 Å². The summed E-state index contributed by atoms with van der Waals surface area (Å²) in [5.41, 5.74) is 0. The molecule has 0 aliphatic rings. The summed E-state index contributed by atoms with van der Waals surface area (Å²) >= 11 is 0. The Hall–Kier alpha value is -0.560. The van der Waals surface area contributed by atoms with Gasteiger partial charge in [-0.25, -0.2) is 0 Å². The number of hydrogen-bond donors (Lipinski definition) is 2. The molecular formula is C12H23NO2. The number of rotatable bonds is 10. The third-order valence-electron chi connectivity index (χ3n) is 2.01. The molecule has 15 heavy (non-hydrogen) atoms. The highest BCUT2D eigenvalue weighted by Crippen LogP contribution is 1.90. The molecule has 3 heteroatoms. The van der Waals surface area contributed by atoms with Crippen LogP contribution in [-0.2, 0) is 4.74 Å². The number of ether oxygens (including phenoxy) is 1. The van der Waals surface area contributed by atoms with Gasteiger partial charge in [-0.2, -0.15) is 0 Å². The van der Waals surface area contributed by atoms with Crippen molar-refractivity contribution < 1.29 is 9.84 Å². The second-order valence-corrected chi connectivity index (χ2v) is 3.59. The predicted octanol–water partition coefficient (Wildman–Crippen LogP) is 1.17. The van der Waals surface area contributed by atoms with E-state index in [2.05, 4.69) is 18.2 Å². The third kappa shape index (κ3) is 11.4. The summed E-state index contributed by atoms with van der Waals surface area (Å²) in [5, 5.41) is 12.6. The van der Waals surface area contributed by atoms with Gasteiger partial charge in [0.1, 0.15) is 0 Å². The fraction of sp³-hybridized carbons (Fsp3) is 0.833. The summed E-state index contributed by atoms with van der Waals surface area (Å²) < 4.78 is 5.29. The Morgan fingerprint density at radius 1 is 1.47 bits per heavy atom. The van der Waals surface area contributed by atoms with Crippen LogP contribution in [0.15, 0.2) is 0 Å². The lowest BCUT2D eigenvalue weighted by atomic mass is 10.3. The molecule has 0 amide bonds. The molecule has 1 atom stereocenters. The highest BCUT2D eigenvalue weighted by Gasteiger charge is 2.02. The van der Waals surface area contributed by atoms with Gasteiger partial charge in [-0.1, -0.05) is 13.3 Å². The van der Waals surface area contributed by atoms with Gasteiger partial charge in [-0.05, 0) is 19.4 Å². The summed E-state index contributed by atoms with van der Waals surface area (Å²) in [6.45, 7) is 4.71. The minimum Gasteiger partial charge on any atom is -0.389 e. The minimum atomic E-state index is -0.410. The molecule has 0 fully saturated rings. The fourth-order valence-corrected chi connectivity index (χ4v) is 1.11. The van der Waals surface area contributed by atoms with Crippen molar-refractivity contribution in [1.29, 1.82) is 0 Å². The molecule has 0 saturated heterocycles.